The van der Waals surface area contributed by atoms with Crippen molar-refractivity contribution in [2.45, 2.75) is 39.2 Å². The van der Waals surface area contributed by atoms with Gasteiger partial charge in [0.25, 0.3) is 5.91 Å². The number of aliphatic carboxylic acids is 1. The summed E-state index contributed by atoms with van der Waals surface area (Å²) >= 11 is 0. The number of rotatable bonds is 5. The molecule has 1 aromatic rings. The highest BCUT2D eigenvalue weighted by atomic mass is 19.1. The zero-order chi connectivity index (χ0) is 18.8. The number of carboxylic acid groups (broad SMARTS) is 1. The summed E-state index contributed by atoms with van der Waals surface area (Å²) < 4.78 is 26.7. The Kier molecular flexibility index (Phi) is 5.77. The molecule has 138 valence electrons. The summed E-state index contributed by atoms with van der Waals surface area (Å²) in [4.78, 5) is 25.7. The Morgan fingerprint density at radius 2 is 1.88 bits per heavy atom. The van der Waals surface area contributed by atoms with Crippen LogP contribution in [-0.4, -0.2) is 46.2 Å². The summed E-state index contributed by atoms with van der Waals surface area (Å²) in [6.45, 7) is 3.84. The number of aliphatic hydroxyl groups is 1. The fourth-order valence-corrected chi connectivity index (χ4v) is 3.22. The molecule has 1 fully saturated rings. The maximum atomic E-state index is 13.4. The highest BCUT2D eigenvalue weighted by molar-refractivity contribution is 5.94. The van der Waals surface area contributed by atoms with Crippen molar-refractivity contribution < 1.29 is 28.6 Å². The number of aliphatic hydroxyl groups excluding tert-OH is 1. The number of nitrogens with zero attached hydrogens (tertiary/aromatic N) is 1. The number of halogens is 2. The van der Waals surface area contributed by atoms with Crippen molar-refractivity contribution in [2.24, 2.45) is 11.3 Å². The van der Waals surface area contributed by atoms with E-state index in [1.807, 2.05) is 13.8 Å². The van der Waals surface area contributed by atoms with Crippen LogP contribution in [0.2, 0.25) is 0 Å². The van der Waals surface area contributed by atoms with Crippen LogP contribution >= 0.6 is 0 Å². The first-order chi connectivity index (χ1) is 11.7. The zero-order valence-electron chi connectivity index (χ0n) is 14.3. The van der Waals surface area contributed by atoms with E-state index in [1.54, 1.807) is 0 Å². The molecule has 1 aliphatic heterocycles. The number of carbonyl (C=O) groups excluding carboxylic acids is 1. The van der Waals surface area contributed by atoms with E-state index < -0.39 is 35.0 Å². The lowest BCUT2D eigenvalue weighted by atomic mass is 9.72. The summed E-state index contributed by atoms with van der Waals surface area (Å²) in [5.74, 6) is -3.30. The lowest BCUT2D eigenvalue weighted by Gasteiger charge is -2.43. The van der Waals surface area contributed by atoms with E-state index in [2.05, 4.69) is 0 Å². The standard InChI is InChI=1S/C18H23F2NO4/c1-11(2)3-5-18(17(24)25)10-21(6-4-15(18)22)16(23)12-7-13(19)9-14(20)8-12/h7-9,11,15,22H,3-6,10H2,1-2H3,(H,24,25)/t15-,18+/m0/s1. The van der Waals surface area contributed by atoms with Crippen LogP contribution in [0, 0.1) is 23.0 Å². The molecule has 0 radical (unpaired) electrons. The predicted molar refractivity (Wildman–Crippen MR) is 87.0 cm³/mol. The highest BCUT2D eigenvalue weighted by Gasteiger charge is 2.49. The van der Waals surface area contributed by atoms with Crippen LogP contribution in [0.3, 0.4) is 0 Å². The molecule has 2 N–H and O–H groups in total. The fraction of sp³-hybridized carbons (Fsp3) is 0.556. The Morgan fingerprint density at radius 3 is 2.40 bits per heavy atom. The van der Waals surface area contributed by atoms with Gasteiger partial charge in [0.15, 0.2) is 0 Å². The average Bonchev–Trinajstić information content (AvgIpc) is 2.52. The first-order valence-corrected chi connectivity index (χ1v) is 8.32. The molecule has 1 aromatic carbocycles. The SMILES string of the molecule is CC(C)CC[C@@]1(C(=O)O)CN(C(=O)c2cc(F)cc(F)c2)CC[C@@H]1O. The van der Waals surface area contributed by atoms with Gasteiger partial charge in [0, 0.05) is 24.7 Å². The minimum atomic E-state index is -1.47. The van der Waals surface area contributed by atoms with Gasteiger partial charge in [0.1, 0.15) is 17.0 Å². The number of hydrogen-bond donors (Lipinski definition) is 2. The Bertz CT molecular complexity index is 644. The van der Waals surface area contributed by atoms with E-state index in [0.717, 1.165) is 12.1 Å². The summed E-state index contributed by atoms with van der Waals surface area (Å²) in [7, 11) is 0. The van der Waals surface area contributed by atoms with E-state index in [4.69, 9.17) is 0 Å². The molecule has 0 spiro atoms. The molecule has 1 heterocycles. The molecule has 0 saturated carbocycles. The lowest BCUT2D eigenvalue weighted by molar-refractivity contribution is -0.163. The minimum absolute atomic E-state index is 0.105. The second-order valence-electron chi connectivity index (χ2n) is 7.08. The summed E-state index contributed by atoms with van der Waals surface area (Å²) in [5.41, 5.74) is -1.64. The average molecular weight is 355 g/mol. The number of carbonyl (C=O) groups is 2. The molecular formula is C18H23F2NO4. The van der Waals surface area contributed by atoms with Crippen LogP contribution in [-0.2, 0) is 4.79 Å². The molecule has 0 aromatic heterocycles. The molecule has 1 saturated heterocycles. The Labute approximate surface area is 145 Å². The van der Waals surface area contributed by atoms with Crippen molar-refractivity contribution in [1.82, 2.24) is 4.90 Å². The zero-order valence-corrected chi connectivity index (χ0v) is 14.3. The smallest absolute Gasteiger partial charge is 0.314 e. The molecule has 2 rings (SSSR count). The van der Waals surface area contributed by atoms with Crippen LogP contribution in [0.25, 0.3) is 0 Å². The number of amides is 1. The summed E-state index contributed by atoms with van der Waals surface area (Å²) in [5, 5.41) is 20.0. The molecule has 2 atom stereocenters. The minimum Gasteiger partial charge on any atom is -0.481 e. The largest absolute Gasteiger partial charge is 0.481 e. The topological polar surface area (TPSA) is 77.8 Å². The van der Waals surface area contributed by atoms with Gasteiger partial charge in [-0.15, -0.1) is 0 Å². The third-order valence-corrected chi connectivity index (χ3v) is 4.77. The second-order valence-corrected chi connectivity index (χ2v) is 7.08. The Balaban J connectivity index is 2.27. The van der Waals surface area contributed by atoms with E-state index >= 15 is 0 Å². The molecule has 7 heteroatoms. The van der Waals surface area contributed by atoms with E-state index in [0.29, 0.717) is 12.5 Å². The first kappa shape index (κ1) is 19.3. The van der Waals surface area contributed by atoms with Gasteiger partial charge in [-0.05, 0) is 37.3 Å². The molecule has 25 heavy (non-hydrogen) atoms. The van der Waals surface area contributed by atoms with Gasteiger partial charge in [-0.25, -0.2) is 8.78 Å². The number of likely N-dealkylation sites (tertiary alicyclic amines) is 1. The molecule has 1 amide bonds. The van der Waals surface area contributed by atoms with Crippen molar-refractivity contribution in [3.8, 4) is 0 Å². The van der Waals surface area contributed by atoms with Crippen molar-refractivity contribution >= 4 is 11.9 Å². The van der Waals surface area contributed by atoms with Gasteiger partial charge < -0.3 is 15.1 Å². The van der Waals surface area contributed by atoms with Gasteiger partial charge >= 0.3 is 5.97 Å². The highest BCUT2D eigenvalue weighted by Crippen LogP contribution is 2.37. The normalized spacial score (nSPS) is 23.8. The third-order valence-electron chi connectivity index (χ3n) is 4.77. The molecular weight excluding hydrogens is 332 g/mol. The van der Waals surface area contributed by atoms with Crippen molar-refractivity contribution in [3.63, 3.8) is 0 Å². The number of hydrogen-bond acceptors (Lipinski definition) is 3. The lowest BCUT2D eigenvalue weighted by Crippen LogP contribution is -2.57. The van der Waals surface area contributed by atoms with Crippen molar-refractivity contribution in [2.75, 3.05) is 13.1 Å². The Hall–Kier alpha value is -2.02. The fourth-order valence-electron chi connectivity index (χ4n) is 3.22. The maximum Gasteiger partial charge on any atom is 0.314 e. The molecule has 0 bridgehead atoms. The van der Waals surface area contributed by atoms with Crippen LogP contribution in [0.1, 0.15) is 43.5 Å². The molecule has 1 aliphatic rings. The Morgan fingerprint density at radius 1 is 1.28 bits per heavy atom. The van der Waals surface area contributed by atoms with Gasteiger partial charge in [-0.3, -0.25) is 9.59 Å². The summed E-state index contributed by atoms with van der Waals surface area (Å²) in [6.07, 6.45) is -0.159. The van der Waals surface area contributed by atoms with Crippen molar-refractivity contribution in [3.05, 3.63) is 35.4 Å². The van der Waals surface area contributed by atoms with Gasteiger partial charge in [-0.2, -0.15) is 0 Å². The van der Waals surface area contributed by atoms with Gasteiger partial charge in [0.2, 0.25) is 0 Å². The first-order valence-electron chi connectivity index (χ1n) is 8.32. The predicted octanol–water partition coefficient (Wildman–Crippen LogP) is 2.68. The molecule has 5 nitrogen and oxygen atoms in total. The van der Waals surface area contributed by atoms with Gasteiger partial charge in [-0.1, -0.05) is 13.8 Å². The van der Waals surface area contributed by atoms with Crippen LogP contribution < -0.4 is 0 Å². The van der Waals surface area contributed by atoms with E-state index in [1.165, 1.54) is 4.90 Å². The van der Waals surface area contributed by atoms with E-state index in [9.17, 15) is 28.6 Å². The molecule has 0 aliphatic carbocycles. The van der Waals surface area contributed by atoms with Crippen LogP contribution in [0.15, 0.2) is 18.2 Å². The molecule has 0 unspecified atom stereocenters. The van der Waals surface area contributed by atoms with Gasteiger partial charge in [0.05, 0.1) is 6.10 Å². The van der Waals surface area contributed by atoms with Crippen molar-refractivity contribution in [1.29, 1.82) is 0 Å². The second kappa shape index (κ2) is 7.47. The van der Waals surface area contributed by atoms with E-state index in [-0.39, 0.29) is 37.4 Å². The van der Waals surface area contributed by atoms with Crippen LogP contribution in [0.5, 0.6) is 0 Å². The quantitative estimate of drug-likeness (QED) is 0.851. The van der Waals surface area contributed by atoms with Crippen LogP contribution in [0.4, 0.5) is 8.78 Å². The number of piperidine rings is 1. The monoisotopic (exact) mass is 355 g/mol. The number of carboxylic acids is 1. The maximum absolute atomic E-state index is 13.4. The third kappa shape index (κ3) is 4.15. The number of benzene rings is 1. The summed E-state index contributed by atoms with van der Waals surface area (Å²) in [6, 6.07) is 2.51.